The van der Waals surface area contributed by atoms with Crippen LogP contribution in [0.4, 0.5) is 0 Å². The number of halogens is 1. The Bertz CT molecular complexity index is 1140. The van der Waals surface area contributed by atoms with Crippen molar-refractivity contribution >= 4 is 17.1 Å². The molecule has 0 fully saturated rings. The summed E-state index contributed by atoms with van der Waals surface area (Å²) in [7, 11) is 0. The Balaban J connectivity index is 2.15. The van der Waals surface area contributed by atoms with Gasteiger partial charge in [0.25, 0.3) is 0 Å². The van der Waals surface area contributed by atoms with Crippen molar-refractivity contribution in [3.63, 3.8) is 0 Å². The standard InChI is InChI=1S/C22H16ClN3/c1-2-18-11-12-20-21(16-9-6-10-17(23)13-16)19(14-24)22(25-26(18)20)15-7-4-3-5-8-15/h3-13H,2H2,1H3. The van der Waals surface area contributed by atoms with Crippen LogP contribution >= 0.6 is 11.6 Å². The first-order valence-corrected chi connectivity index (χ1v) is 8.86. The number of benzene rings is 2. The van der Waals surface area contributed by atoms with Crippen LogP contribution in [0.1, 0.15) is 18.2 Å². The zero-order valence-electron chi connectivity index (χ0n) is 14.3. The molecule has 0 unspecified atom stereocenters. The summed E-state index contributed by atoms with van der Waals surface area (Å²) in [5.41, 5.74) is 5.96. The molecule has 2 heterocycles. The number of nitriles is 1. The molecular formula is C22H16ClN3. The molecule has 26 heavy (non-hydrogen) atoms. The Hall–Kier alpha value is -3.09. The van der Waals surface area contributed by atoms with Gasteiger partial charge in [-0.1, -0.05) is 61.0 Å². The summed E-state index contributed by atoms with van der Waals surface area (Å²) < 4.78 is 1.94. The number of hydrogen-bond acceptors (Lipinski definition) is 2. The van der Waals surface area contributed by atoms with Crippen molar-refractivity contribution in [3.8, 4) is 28.5 Å². The van der Waals surface area contributed by atoms with E-state index in [1.807, 2.05) is 65.2 Å². The Morgan fingerprint density at radius 2 is 1.77 bits per heavy atom. The summed E-state index contributed by atoms with van der Waals surface area (Å²) >= 11 is 6.23. The van der Waals surface area contributed by atoms with Crippen LogP contribution < -0.4 is 0 Å². The van der Waals surface area contributed by atoms with Crippen LogP contribution in [0.5, 0.6) is 0 Å². The highest BCUT2D eigenvalue weighted by molar-refractivity contribution is 6.30. The maximum atomic E-state index is 9.98. The summed E-state index contributed by atoms with van der Waals surface area (Å²) in [6, 6.07) is 23.9. The molecule has 0 N–H and O–H groups in total. The summed E-state index contributed by atoms with van der Waals surface area (Å²) in [5.74, 6) is 0. The van der Waals surface area contributed by atoms with E-state index in [9.17, 15) is 5.26 Å². The van der Waals surface area contributed by atoms with E-state index in [2.05, 4.69) is 19.1 Å². The Morgan fingerprint density at radius 3 is 2.46 bits per heavy atom. The first kappa shape index (κ1) is 16.4. The number of aryl methyl sites for hydroxylation is 1. The molecule has 3 nitrogen and oxygen atoms in total. The van der Waals surface area contributed by atoms with Crippen LogP contribution in [0.25, 0.3) is 27.9 Å². The average molecular weight is 358 g/mol. The van der Waals surface area contributed by atoms with E-state index in [1.165, 1.54) is 0 Å². The van der Waals surface area contributed by atoms with Crippen LogP contribution in [0, 0.1) is 11.3 Å². The topological polar surface area (TPSA) is 41.1 Å². The van der Waals surface area contributed by atoms with Gasteiger partial charge < -0.3 is 0 Å². The third-order valence-corrected chi connectivity index (χ3v) is 4.75. The lowest BCUT2D eigenvalue weighted by atomic mass is 9.96. The molecule has 0 aliphatic carbocycles. The Kier molecular flexibility index (Phi) is 4.20. The van der Waals surface area contributed by atoms with Gasteiger partial charge in [0.2, 0.25) is 0 Å². The first-order chi connectivity index (χ1) is 12.7. The molecule has 0 saturated heterocycles. The minimum Gasteiger partial charge on any atom is -0.237 e. The van der Waals surface area contributed by atoms with Crippen LogP contribution in [0.15, 0.2) is 66.7 Å². The van der Waals surface area contributed by atoms with E-state index in [4.69, 9.17) is 16.7 Å². The third kappa shape index (κ3) is 2.65. The van der Waals surface area contributed by atoms with Gasteiger partial charge in [0.15, 0.2) is 0 Å². The van der Waals surface area contributed by atoms with E-state index in [0.717, 1.165) is 34.3 Å². The fourth-order valence-electron chi connectivity index (χ4n) is 3.29. The fourth-order valence-corrected chi connectivity index (χ4v) is 3.48. The van der Waals surface area contributed by atoms with Gasteiger partial charge in [-0.3, -0.25) is 0 Å². The smallest absolute Gasteiger partial charge is 0.110 e. The van der Waals surface area contributed by atoms with Crippen molar-refractivity contribution < 1.29 is 0 Å². The van der Waals surface area contributed by atoms with Crippen molar-refractivity contribution in [2.75, 3.05) is 0 Å². The van der Waals surface area contributed by atoms with E-state index >= 15 is 0 Å². The second kappa shape index (κ2) is 6.67. The molecular weight excluding hydrogens is 342 g/mol. The van der Waals surface area contributed by atoms with Crippen molar-refractivity contribution in [3.05, 3.63) is 83.0 Å². The second-order valence-corrected chi connectivity index (χ2v) is 6.50. The SMILES string of the molecule is CCc1ccc2c(-c3cccc(Cl)c3)c(C#N)c(-c3ccccc3)nn12. The van der Waals surface area contributed by atoms with Crippen LogP contribution in [-0.2, 0) is 6.42 Å². The van der Waals surface area contributed by atoms with Crippen LogP contribution in [0.2, 0.25) is 5.02 Å². The van der Waals surface area contributed by atoms with Gasteiger partial charge in [0, 0.05) is 21.8 Å². The maximum Gasteiger partial charge on any atom is 0.110 e. The van der Waals surface area contributed by atoms with Crippen molar-refractivity contribution in [2.24, 2.45) is 0 Å². The molecule has 0 aliphatic rings. The summed E-state index contributed by atoms with van der Waals surface area (Å²) in [6.45, 7) is 2.10. The molecule has 2 aromatic carbocycles. The van der Waals surface area contributed by atoms with Gasteiger partial charge in [-0.15, -0.1) is 0 Å². The number of nitrogens with zero attached hydrogens (tertiary/aromatic N) is 3. The van der Waals surface area contributed by atoms with Crippen LogP contribution in [-0.4, -0.2) is 9.61 Å². The van der Waals surface area contributed by atoms with Gasteiger partial charge in [-0.05, 0) is 36.2 Å². The monoisotopic (exact) mass is 357 g/mol. The third-order valence-electron chi connectivity index (χ3n) is 4.51. The fraction of sp³-hybridized carbons (Fsp3) is 0.0909. The molecule has 126 valence electrons. The number of rotatable bonds is 3. The Labute approximate surface area is 157 Å². The predicted molar refractivity (Wildman–Crippen MR) is 105 cm³/mol. The molecule has 2 aromatic heterocycles. The highest BCUT2D eigenvalue weighted by Gasteiger charge is 2.19. The van der Waals surface area contributed by atoms with Crippen molar-refractivity contribution in [1.82, 2.24) is 9.61 Å². The highest BCUT2D eigenvalue weighted by atomic mass is 35.5. The molecule has 4 heteroatoms. The summed E-state index contributed by atoms with van der Waals surface area (Å²) in [6.07, 6.45) is 0.857. The quantitative estimate of drug-likeness (QED) is 0.468. The highest BCUT2D eigenvalue weighted by Crippen LogP contribution is 2.35. The van der Waals surface area contributed by atoms with Gasteiger partial charge in [0.05, 0.1) is 11.1 Å². The van der Waals surface area contributed by atoms with E-state index in [-0.39, 0.29) is 0 Å². The van der Waals surface area contributed by atoms with Crippen LogP contribution in [0.3, 0.4) is 0 Å². The molecule has 0 saturated carbocycles. The predicted octanol–water partition coefficient (Wildman–Crippen LogP) is 5.76. The lowest BCUT2D eigenvalue weighted by molar-refractivity contribution is 0.864. The molecule has 0 atom stereocenters. The minimum absolute atomic E-state index is 0.562. The number of hydrogen-bond donors (Lipinski definition) is 0. The first-order valence-electron chi connectivity index (χ1n) is 8.49. The zero-order chi connectivity index (χ0) is 18.1. The molecule has 4 rings (SSSR count). The normalized spacial score (nSPS) is 10.8. The minimum atomic E-state index is 0.562. The summed E-state index contributed by atoms with van der Waals surface area (Å²) in [4.78, 5) is 0. The average Bonchev–Trinajstić information content (AvgIpc) is 3.09. The van der Waals surface area contributed by atoms with Crippen molar-refractivity contribution in [1.29, 1.82) is 5.26 Å². The van der Waals surface area contributed by atoms with E-state index in [0.29, 0.717) is 16.3 Å². The zero-order valence-corrected chi connectivity index (χ0v) is 15.0. The van der Waals surface area contributed by atoms with Gasteiger partial charge in [-0.25, -0.2) is 4.52 Å². The lowest BCUT2D eigenvalue weighted by Gasteiger charge is -2.13. The number of fused-ring (bicyclic) bond motifs is 1. The second-order valence-electron chi connectivity index (χ2n) is 6.06. The van der Waals surface area contributed by atoms with E-state index < -0.39 is 0 Å². The van der Waals surface area contributed by atoms with Crippen molar-refractivity contribution in [2.45, 2.75) is 13.3 Å². The number of aromatic nitrogens is 2. The van der Waals surface area contributed by atoms with Gasteiger partial charge >= 0.3 is 0 Å². The lowest BCUT2D eigenvalue weighted by Crippen LogP contribution is -2.04. The molecule has 0 bridgehead atoms. The molecule has 0 spiro atoms. The maximum absolute atomic E-state index is 9.98. The largest absolute Gasteiger partial charge is 0.237 e. The van der Waals surface area contributed by atoms with Gasteiger partial charge in [-0.2, -0.15) is 10.4 Å². The molecule has 0 radical (unpaired) electrons. The van der Waals surface area contributed by atoms with E-state index in [1.54, 1.807) is 0 Å². The molecule has 0 amide bonds. The van der Waals surface area contributed by atoms with Gasteiger partial charge in [0.1, 0.15) is 11.8 Å². The molecule has 0 aliphatic heterocycles. The Morgan fingerprint density at radius 1 is 1.00 bits per heavy atom. The summed E-state index contributed by atoms with van der Waals surface area (Å²) in [5, 5.41) is 15.4. The molecule has 4 aromatic rings.